The van der Waals surface area contributed by atoms with Crippen molar-refractivity contribution in [2.45, 2.75) is 20.8 Å². The number of rotatable bonds is 7. The Balaban J connectivity index is 2.80. The average molecular weight is 263 g/mol. The van der Waals surface area contributed by atoms with Crippen molar-refractivity contribution < 1.29 is 4.79 Å². The van der Waals surface area contributed by atoms with Crippen molar-refractivity contribution in [1.29, 1.82) is 0 Å². The summed E-state index contributed by atoms with van der Waals surface area (Å²) in [5.74, 6) is 0.602. The summed E-state index contributed by atoms with van der Waals surface area (Å²) in [5, 5.41) is 0. The molecule has 0 fully saturated rings. The lowest BCUT2D eigenvalue weighted by Crippen LogP contribution is -2.34. The number of pyridine rings is 1. The maximum atomic E-state index is 11.2. The molecule has 0 saturated carbocycles. The van der Waals surface area contributed by atoms with Crippen molar-refractivity contribution >= 4 is 11.5 Å². The number of Topliss-reactive ketones (excluding diaryl/α,β-unsaturated/α-hetero) is 1. The summed E-state index contributed by atoms with van der Waals surface area (Å²) in [6.07, 6.45) is 1.80. The Morgan fingerprint density at radius 3 is 2.37 bits per heavy atom. The number of anilines is 1. The van der Waals surface area contributed by atoms with Crippen molar-refractivity contribution in [2.24, 2.45) is 5.92 Å². The fraction of sp³-hybridized carbons (Fsp3) is 0.600. The van der Waals surface area contributed by atoms with Crippen LogP contribution >= 0.6 is 0 Å². The third-order valence-electron chi connectivity index (χ3n) is 2.88. The third kappa shape index (κ3) is 5.39. The number of likely N-dealkylation sites (N-methyl/N-ethyl adjacent to an activating group) is 1. The zero-order valence-electron chi connectivity index (χ0n) is 12.7. The minimum atomic E-state index is 0.00949. The molecule has 0 unspecified atom stereocenters. The van der Waals surface area contributed by atoms with Crippen LogP contribution in [0.4, 0.5) is 5.69 Å². The van der Waals surface area contributed by atoms with Crippen LogP contribution in [0.25, 0.3) is 0 Å². The Hall–Kier alpha value is -1.42. The van der Waals surface area contributed by atoms with Crippen LogP contribution in [-0.4, -0.2) is 49.4 Å². The number of aromatic nitrogens is 1. The van der Waals surface area contributed by atoms with Crippen LogP contribution in [0, 0.1) is 5.92 Å². The van der Waals surface area contributed by atoms with E-state index in [2.05, 4.69) is 42.7 Å². The summed E-state index contributed by atoms with van der Waals surface area (Å²) in [6.45, 7) is 8.92. The first-order valence-corrected chi connectivity index (χ1v) is 6.76. The molecule has 0 aromatic carbocycles. The third-order valence-corrected chi connectivity index (χ3v) is 2.88. The Kier molecular flexibility index (Phi) is 5.96. The van der Waals surface area contributed by atoms with Crippen LogP contribution in [0.15, 0.2) is 18.3 Å². The van der Waals surface area contributed by atoms with Crippen molar-refractivity contribution in [1.82, 2.24) is 9.88 Å². The second-order valence-corrected chi connectivity index (χ2v) is 5.60. The molecule has 0 saturated heterocycles. The van der Waals surface area contributed by atoms with Crippen molar-refractivity contribution in [3.8, 4) is 0 Å². The minimum Gasteiger partial charge on any atom is -0.369 e. The number of carbonyl (C=O) groups excluding carboxylic acids is 1. The molecule has 106 valence electrons. The molecule has 0 atom stereocenters. The molecule has 4 heteroatoms. The summed E-state index contributed by atoms with van der Waals surface area (Å²) in [5.41, 5.74) is 1.61. The first-order chi connectivity index (χ1) is 8.90. The number of hydrogen-bond donors (Lipinski definition) is 0. The molecule has 0 amide bonds. The van der Waals surface area contributed by atoms with E-state index in [1.807, 2.05) is 6.07 Å². The molecule has 0 aliphatic rings. The zero-order chi connectivity index (χ0) is 14.4. The van der Waals surface area contributed by atoms with E-state index in [9.17, 15) is 4.79 Å². The maximum absolute atomic E-state index is 11.2. The summed E-state index contributed by atoms with van der Waals surface area (Å²) in [6, 6.07) is 3.79. The Morgan fingerprint density at radius 2 is 1.95 bits per heavy atom. The standard InChI is InChI=1S/C15H25N3O/c1-12(2)11-18(9-8-17(4)5)14-6-7-15(13(3)19)16-10-14/h6-7,10,12H,8-9,11H2,1-5H3. The van der Waals surface area contributed by atoms with Crippen LogP contribution in [0.2, 0.25) is 0 Å². The lowest BCUT2D eigenvalue weighted by molar-refractivity contribution is 0.101. The number of nitrogens with zero attached hydrogens (tertiary/aromatic N) is 3. The molecule has 0 bridgehead atoms. The summed E-state index contributed by atoms with van der Waals surface area (Å²) < 4.78 is 0. The molecule has 1 rings (SSSR count). The molecular weight excluding hydrogens is 238 g/mol. The van der Waals surface area contributed by atoms with Crippen LogP contribution in [-0.2, 0) is 0 Å². The molecule has 4 nitrogen and oxygen atoms in total. The number of hydrogen-bond acceptors (Lipinski definition) is 4. The van der Waals surface area contributed by atoms with Gasteiger partial charge in [0.25, 0.3) is 0 Å². The molecular formula is C15H25N3O. The molecule has 1 aromatic heterocycles. The second-order valence-electron chi connectivity index (χ2n) is 5.60. The van der Waals surface area contributed by atoms with E-state index in [-0.39, 0.29) is 5.78 Å². The predicted molar refractivity (Wildman–Crippen MR) is 79.8 cm³/mol. The van der Waals surface area contributed by atoms with E-state index in [0.717, 1.165) is 25.3 Å². The van der Waals surface area contributed by atoms with Gasteiger partial charge >= 0.3 is 0 Å². The van der Waals surface area contributed by atoms with Crippen molar-refractivity contribution in [2.75, 3.05) is 38.6 Å². The highest BCUT2D eigenvalue weighted by atomic mass is 16.1. The topological polar surface area (TPSA) is 36.4 Å². The summed E-state index contributed by atoms with van der Waals surface area (Å²) >= 11 is 0. The number of ketones is 1. The van der Waals surface area contributed by atoms with Crippen LogP contribution < -0.4 is 4.90 Å². The Bertz CT molecular complexity index is 398. The van der Waals surface area contributed by atoms with E-state index < -0.39 is 0 Å². The molecule has 0 aliphatic carbocycles. The minimum absolute atomic E-state index is 0.00949. The van der Waals surface area contributed by atoms with Crippen LogP contribution in [0.5, 0.6) is 0 Å². The summed E-state index contributed by atoms with van der Waals surface area (Å²) in [4.78, 5) is 20.0. The molecule has 1 heterocycles. The zero-order valence-corrected chi connectivity index (χ0v) is 12.7. The highest BCUT2D eigenvalue weighted by Crippen LogP contribution is 2.15. The average Bonchev–Trinajstić information content (AvgIpc) is 2.34. The van der Waals surface area contributed by atoms with Gasteiger partial charge in [0, 0.05) is 26.6 Å². The van der Waals surface area contributed by atoms with Gasteiger partial charge in [-0.3, -0.25) is 9.78 Å². The normalized spacial score (nSPS) is 11.1. The Labute approximate surface area is 116 Å². The van der Waals surface area contributed by atoms with Crippen LogP contribution in [0.3, 0.4) is 0 Å². The van der Waals surface area contributed by atoms with Gasteiger partial charge in [-0.1, -0.05) is 13.8 Å². The van der Waals surface area contributed by atoms with Gasteiger partial charge in [-0.25, -0.2) is 0 Å². The largest absolute Gasteiger partial charge is 0.369 e. The molecule has 0 spiro atoms. The fourth-order valence-electron chi connectivity index (χ4n) is 1.87. The van der Waals surface area contributed by atoms with Crippen LogP contribution in [0.1, 0.15) is 31.3 Å². The van der Waals surface area contributed by atoms with Gasteiger partial charge in [0.2, 0.25) is 0 Å². The highest BCUT2D eigenvalue weighted by Gasteiger charge is 2.10. The molecule has 0 aliphatic heterocycles. The van der Waals surface area contributed by atoms with Gasteiger partial charge in [-0.2, -0.15) is 0 Å². The predicted octanol–water partition coefficient (Wildman–Crippen LogP) is 2.31. The first-order valence-electron chi connectivity index (χ1n) is 6.76. The molecule has 19 heavy (non-hydrogen) atoms. The Morgan fingerprint density at radius 1 is 1.26 bits per heavy atom. The molecule has 1 aromatic rings. The van der Waals surface area contributed by atoms with Crippen molar-refractivity contribution in [3.05, 3.63) is 24.0 Å². The lowest BCUT2D eigenvalue weighted by atomic mass is 10.2. The highest BCUT2D eigenvalue weighted by molar-refractivity contribution is 5.92. The quantitative estimate of drug-likeness (QED) is 0.707. The van der Waals surface area contributed by atoms with Gasteiger partial charge in [-0.05, 0) is 32.1 Å². The number of carbonyl (C=O) groups is 1. The lowest BCUT2D eigenvalue weighted by Gasteiger charge is -2.27. The van der Waals surface area contributed by atoms with Gasteiger partial charge in [0.15, 0.2) is 5.78 Å². The summed E-state index contributed by atoms with van der Waals surface area (Å²) in [7, 11) is 4.15. The van der Waals surface area contributed by atoms with Gasteiger partial charge in [0.1, 0.15) is 5.69 Å². The van der Waals surface area contributed by atoms with Gasteiger partial charge in [-0.15, -0.1) is 0 Å². The SMILES string of the molecule is CC(=O)c1ccc(N(CCN(C)C)CC(C)C)cn1. The van der Waals surface area contributed by atoms with E-state index in [1.165, 1.54) is 0 Å². The maximum Gasteiger partial charge on any atom is 0.178 e. The van der Waals surface area contributed by atoms with E-state index in [4.69, 9.17) is 0 Å². The van der Waals surface area contributed by atoms with Gasteiger partial charge < -0.3 is 9.80 Å². The monoisotopic (exact) mass is 263 g/mol. The van der Waals surface area contributed by atoms with E-state index >= 15 is 0 Å². The first kappa shape index (κ1) is 15.6. The fourth-order valence-corrected chi connectivity index (χ4v) is 1.87. The molecule has 0 radical (unpaired) electrons. The smallest absolute Gasteiger partial charge is 0.178 e. The van der Waals surface area contributed by atoms with Crippen molar-refractivity contribution in [3.63, 3.8) is 0 Å². The van der Waals surface area contributed by atoms with E-state index in [0.29, 0.717) is 11.6 Å². The second kappa shape index (κ2) is 7.24. The van der Waals surface area contributed by atoms with E-state index in [1.54, 1.807) is 19.2 Å². The van der Waals surface area contributed by atoms with Gasteiger partial charge in [0.05, 0.1) is 11.9 Å². The molecule has 0 N–H and O–H groups in total.